The molecule has 0 spiro atoms. The van der Waals surface area contributed by atoms with Crippen LogP contribution in [0.15, 0.2) is 33.7 Å². The van der Waals surface area contributed by atoms with Gasteiger partial charge in [0.2, 0.25) is 15.9 Å². The molecule has 178 valence electrons. The molecule has 2 aromatic rings. The van der Waals surface area contributed by atoms with Crippen LogP contribution < -0.4 is 5.32 Å². The second kappa shape index (κ2) is 10.2. The minimum atomic E-state index is -3.77. The highest BCUT2D eigenvalue weighted by atomic mass is 32.2. The van der Waals surface area contributed by atoms with Crippen molar-refractivity contribution >= 4 is 28.1 Å². The maximum absolute atomic E-state index is 13.4. The van der Waals surface area contributed by atoms with Crippen LogP contribution in [0.1, 0.15) is 67.5 Å². The lowest BCUT2D eigenvalue weighted by Crippen LogP contribution is -2.45. The summed E-state index contributed by atoms with van der Waals surface area (Å²) in [6.45, 7) is 4.29. The first-order valence-electron chi connectivity index (χ1n) is 11.9. The number of carbonyl (C=O) groups excluding carboxylic acids is 1. The number of nitrogens with one attached hydrogen (secondary N) is 1. The third kappa shape index (κ3) is 5.55. The Kier molecular flexibility index (Phi) is 7.34. The molecule has 4 rings (SSSR count). The number of carbonyl (C=O) groups is 1. The minimum absolute atomic E-state index is 0.0711. The molecule has 0 atom stereocenters. The Morgan fingerprint density at radius 1 is 1.03 bits per heavy atom. The lowest BCUT2D eigenvalue weighted by molar-refractivity contribution is -0.127. The summed E-state index contributed by atoms with van der Waals surface area (Å²) >= 11 is 0. The molecule has 2 aliphatic rings. The van der Waals surface area contributed by atoms with Crippen LogP contribution in [0.3, 0.4) is 0 Å². The Labute approximate surface area is 196 Å². The molecule has 1 aliphatic carbocycles. The maximum Gasteiger partial charge on any atom is 0.248 e. The lowest BCUT2D eigenvalue weighted by atomic mass is 9.93. The first-order chi connectivity index (χ1) is 15.8. The van der Waals surface area contributed by atoms with Crippen molar-refractivity contribution in [1.82, 2.24) is 14.8 Å². The van der Waals surface area contributed by atoms with Gasteiger partial charge in [-0.3, -0.25) is 4.79 Å². The van der Waals surface area contributed by atoms with Crippen LogP contribution >= 0.6 is 0 Å². The van der Waals surface area contributed by atoms with Crippen molar-refractivity contribution in [3.63, 3.8) is 0 Å². The lowest BCUT2D eigenvalue weighted by Gasteiger charge is -2.32. The highest BCUT2D eigenvalue weighted by molar-refractivity contribution is 7.89. The van der Waals surface area contributed by atoms with E-state index >= 15 is 0 Å². The molecule has 2 heterocycles. The predicted octanol–water partition coefficient (Wildman–Crippen LogP) is 4.31. The maximum atomic E-state index is 13.4. The van der Waals surface area contributed by atoms with Crippen molar-refractivity contribution < 1.29 is 17.7 Å². The topological polar surface area (TPSA) is 92.5 Å². The molecule has 0 radical (unpaired) electrons. The average Bonchev–Trinajstić information content (AvgIpc) is 3.20. The fraction of sp³-hybridized carbons (Fsp3) is 0.520. The molecule has 1 amide bonds. The second-order valence-electron chi connectivity index (χ2n) is 9.23. The Balaban J connectivity index is 1.42. The summed E-state index contributed by atoms with van der Waals surface area (Å²) in [5, 5.41) is 7.10. The minimum Gasteiger partial charge on any atom is -0.355 e. The van der Waals surface area contributed by atoms with Crippen molar-refractivity contribution in [2.45, 2.75) is 69.7 Å². The number of sulfonamides is 1. The van der Waals surface area contributed by atoms with Crippen LogP contribution in [-0.2, 0) is 14.8 Å². The number of rotatable bonds is 6. The van der Waals surface area contributed by atoms with Crippen LogP contribution in [0.2, 0.25) is 0 Å². The van der Waals surface area contributed by atoms with Gasteiger partial charge in [-0.2, -0.15) is 4.31 Å². The van der Waals surface area contributed by atoms with Crippen molar-refractivity contribution in [3.8, 4) is 0 Å². The first-order valence-corrected chi connectivity index (χ1v) is 13.3. The van der Waals surface area contributed by atoms with Crippen molar-refractivity contribution in [2.24, 2.45) is 5.92 Å². The molecular formula is C25H33N3O4S. The van der Waals surface area contributed by atoms with Crippen molar-refractivity contribution in [2.75, 3.05) is 13.1 Å². The molecule has 33 heavy (non-hydrogen) atoms. The summed E-state index contributed by atoms with van der Waals surface area (Å²) in [6, 6.07) is 8.20. The van der Waals surface area contributed by atoms with Gasteiger partial charge in [0.1, 0.15) is 5.69 Å². The van der Waals surface area contributed by atoms with Gasteiger partial charge in [-0.1, -0.05) is 60.3 Å². The third-order valence-corrected chi connectivity index (χ3v) is 8.77. The van der Waals surface area contributed by atoms with E-state index < -0.39 is 10.0 Å². The fourth-order valence-corrected chi connectivity index (χ4v) is 6.42. The van der Waals surface area contributed by atoms with Gasteiger partial charge < -0.3 is 9.84 Å². The molecule has 8 heteroatoms. The third-order valence-electron chi connectivity index (χ3n) is 6.71. The van der Waals surface area contributed by atoms with Crippen LogP contribution in [0, 0.1) is 19.8 Å². The zero-order valence-corrected chi connectivity index (χ0v) is 20.2. The second-order valence-corrected chi connectivity index (χ2v) is 11.1. The number of aryl methyl sites for hydroxylation is 2. The summed E-state index contributed by atoms with van der Waals surface area (Å²) in [4.78, 5) is 12.8. The molecule has 1 aliphatic heterocycles. The standard InChI is InChI=1S/C25H33N3O4S/c1-18-8-10-20(11-9-18)12-13-23-24(19(2)27-32-23)33(30,31)28-16-14-21(15-17-28)25(29)26-22-6-4-3-5-7-22/h8-13,21-22H,3-7,14-17H2,1-2H3,(H,26,29)/b13-12+. The van der Waals surface area contributed by atoms with Gasteiger partial charge in [0.25, 0.3) is 0 Å². The molecule has 1 N–H and O–H groups in total. The number of aromatic nitrogens is 1. The number of benzene rings is 1. The highest BCUT2D eigenvalue weighted by Gasteiger charge is 2.36. The predicted molar refractivity (Wildman–Crippen MR) is 128 cm³/mol. The Morgan fingerprint density at radius 2 is 1.70 bits per heavy atom. The summed E-state index contributed by atoms with van der Waals surface area (Å²) < 4.78 is 33.7. The SMILES string of the molecule is Cc1ccc(/C=C/c2onc(C)c2S(=O)(=O)N2CCC(C(=O)NC3CCCCC3)CC2)cc1. The molecule has 2 fully saturated rings. The Hall–Kier alpha value is -2.45. The number of amides is 1. The molecular weight excluding hydrogens is 438 g/mol. The van der Waals surface area contributed by atoms with Gasteiger partial charge in [-0.25, -0.2) is 8.42 Å². The average molecular weight is 472 g/mol. The van der Waals surface area contributed by atoms with E-state index in [-0.39, 0.29) is 28.5 Å². The normalized spacial score (nSPS) is 19.2. The number of hydrogen-bond donors (Lipinski definition) is 1. The van der Waals surface area contributed by atoms with E-state index in [2.05, 4.69) is 10.5 Å². The zero-order chi connectivity index (χ0) is 23.4. The fourth-order valence-electron chi connectivity index (χ4n) is 4.70. The van der Waals surface area contributed by atoms with E-state index in [1.807, 2.05) is 37.3 Å². The zero-order valence-electron chi connectivity index (χ0n) is 19.4. The summed E-state index contributed by atoms with van der Waals surface area (Å²) in [7, 11) is -3.77. The highest BCUT2D eigenvalue weighted by Crippen LogP contribution is 2.29. The Morgan fingerprint density at radius 3 is 2.36 bits per heavy atom. The molecule has 0 bridgehead atoms. The van der Waals surface area contributed by atoms with E-state index in [0.29, 0.717) is 31.6 Å². The van der Waals surface area contributed by atoms with Crippen LogP contribution in [-0.4, -0.2) is 42.9 Å². The molecule has 1 aromatic carbocycles. The van der Waals surface area contributed by atoms with Crippen LogP contribution in [0.5, 0.6) is 0 Å². The monoisotopic (exact) mass is 471 g/mol. The van der Waals surface area contributed by atoms with Gasteiger partial charge in [0.05, 0.1) is 0 Å². The van der Waals surface area contributed by atoms with E-state index in [9.17, 15) is 13.2 Å². The van der Waals surface area contributed by atoms with Crippen molar-refractivity contribution in [1.29, 1.82) is 0 Å². The number of nitrogens with zero attached hydrogens (tertiary/aromatic N) is 2. The largest absolute Gasteiger partial charge is 0.355 e. The van der Waals surface area contributed by atoms with Gasteiger partial charge in [0, 0.05) is 25.0 Å². The smallest absolute Gasteiger partial charge is 0.248 e. The van der Waals surface area contributed by atoms with E-state index in [4.69, 9.17) is 4.52 Å². The molecule has 7 nitrogen and oxygen atoms in total. The summed E-state index contributed by atoms with van der Waals surface area (Å²) in [5.74, 6) is 0.162. The molecule has 0 unspecified atom stereocenters. The van der Waals surface area contributed by atoms with E-state index in [0.717, 1.165) is 24.0 Å². The van der Waals surface area contributed by atoms with Crippen LogP contribution in [0.4, 0.5) is 0 Å². The van der Waals surface area contributed by atoms with Crippen molar-refractivity contribution in [3.05, 3.63) is 46.8 Å². The van der Waals surface area contributed by atoms with Gasteiger partial charge in [-0.05, 0) is 51.2 Å². The first kappa shape index (κ1) is 23.7. The molecule has 1 saturated carbocycles. The van der Waals surface area contributed by atoms with E-state index in [1.165, 1.54) is 23.6 Å². The van der Waals surface area contributed by atoms with Gasteiger partial charge >= 0.3 is 0 Å². The van der Waals surface area contributed by atoms with Crippen LogP contribution in [0.25, 0.3) is 12.2 Å². The number of hydrogen-bond acceptors (Lipinski definition) is 5. The van der Waals surface area contributed by atoms with Gasteiger partial charge in [-0.15, -0.1) is 0 Å². The molecule has 1 aromatic heterocycles. The Bertz CT molecular complexity index is 1090. The molecule has 1 saturated heterocycles. The summed E-state index contributed by atoms with van der Waals surface area (Å²) in [5.41, 5.74) is 2.44. The number of piperidine rings is 1. The van der Waals surface area contributed by atoms with E-state index in [1.54, 1.807) is 13.0 Å². The quantitative estimate of drug-likeness (QED) is 0.678. The van der Waals surface area contributed by atoms with Gasteiger partial charge in [0.15, 0.2) is 10.7 Å². The summed E-state index contributed by atoms with van der Waals surface area (Å²) in [6.07, 6.45) is 10.2.